The van der Waals surface area contributed by atoms with Crippen LogP contribution in [-0.4, -0.2) is 55.0 Å². The smallest absolute Gasteiger partial charge is 0.241 e. The first-order chi connectivity index (χ1) is 9.22. The summed E-state index contributed by atoms with van der Waals surface area (Å²) in [7, 11) is 2.03. The fraction of sp³-hybridized carbons (Fsp3) is 0.533. The van der Waals surface area contributed by atoms with Crippen LogP contribution in [0, 0.1) is 0 Å². The molecule has 0 bridgehead atoms. The van der Waals surface area contributed by atoms with Crippen molar-refractivity contribution >= 4 is 5.91 Å². The number of piperazine rings is 1. The van der Waals surface area contributed by atoms with Gasteiger partial charge < -0.3 is 10.2 Å². The van der Waals surface area contributed by atoms with Crippen LogP contribution in [0.15, 0.2) is 30.3 Å². The highest BCUT2D eigenvalue weighted by Crippen LogP contribution is 2.09. The van der Waals surface area contributed by atoms with Gasteiger partial charge in [-0.3, -0.25) is 9.69 Å². The molecule has 0 radical (unpaired) electrons. The van der Waals surface area contributed by atoms with Gasteiger partial charge in [-0.2, -0.15) is 0 Å². The Labute approximate surface area is 115 Å². The van der Waals surface area contributed by atoms with E-state index in [-0.39, 0.29) is 11.9 Å². The zero-order valence-electron chi connectivity index (χ0n) is 11.8. The lowest BCUT2D eigenvalue weighted by atomic mass is 10.1. The number of nitrogens with zero attached hydrogens (tertiary/aromatic N) is 2. The molecule has 1 aliphatic rings. The van der Waals surface area contributed by atoms with E-state index in [4.69, 9.17) is 0 Å². The second-order valence-electron chi connectivity index (χ2n) is 5.04. The topological polar surface area (TPSA) is 35.6 Å². The Morgan fingerprint density at radius 2 is 2.16 bits per heavy atom. The molecule has 1 fully saturated rings. The lowest BCUT2D eigenvalue weighted by Gasteiger charge is -2.35. The minimum Gasteiger partial charge on any atom is -0.337 e. The van der Waals surface area contributed by atoms with Crippen LogP contribution in [0.4, 0.5) is 0 Å². The highest BCUT2D eigenvalue weighted by Gasteiger charge is 2.28. The molecule has 1 aliphatic heterocycles. The van der Waals surface area contributed by atoms with E-state index in [1.54, 1.807) is 0 Å². The van der Waals surface area contributed by atoms with Gasteiger partial charge in [0.25, 0.3) is 0 Å². The maximum Gasteiger partial charge on any atom is 0.241 e. The molecule has 1 aromatic carbocycles. The van der Waals surface area contributed by atoms with E-state index in [9.17, 15) is 4.79 Å². The second-order valence-corrected chi connectivity index (χ2v) is 5.04. The van der Waals surface area contributed by atoms with E-state index in [0.717, 1.165) is 26.2 Å². The quantitative estimate of drug-likeness (QED) is 0.876. The third-order valence-electron chi connectivity index (χ3n) is 3.71. The van der Waals surface area contributed by atoms with Crippen molar-refractivity contribution in [2.45, 2.75) is 19.5 Å². The standard InChI is InChI=1S/C15H23N3O/c1-3-18(12-13-7-5-4-6-8-13)15(19)14-11-16-9-10-17(14)2/h4-8,14,16H,3,9-12H2,1-2H3. The van der Waals surface area contributed by atoms with Crippen molar-refractivity contribution in [2.24, 2.45) is 0 Å². The lowest BCUT2D eigenvalue weighted by molar-refractivity contribution is -0.137. The van der Waals surface area contributed by atoms with Crippen LogP contribution < -0.4 is 5.32 Å². The first-order valence-corrected chi connectivity index (χ1v) is 6.96. The van der Waals surface area contributed by atoms with Crippen molar-refractivity contribution in [3.63, 3.8) is 0 Å². The molecule has 104 valence electrons. The normalized spacial score (nSPS) is 20.2. The number of carbonyl (C=O) groups excluding carboxylic acids is 1. The van der Waals surface area contributed by atoms with Crippen LogP contribution in [0.25, 0.3) is 0 Å². The van der Waals surface area contributed by atoms with Gasteiger partial charge in [0.15, 0.2) is 0 Å². The Bertz CT molecular complexity index is 407. The highest BCUT2D eigenvalue weighted by molar-refractivity contribution is 5.82. The van der Waals surface area contributed by atoms with Crippen LogP contribution >= 0.6 is 0 Å². The first-order valence-electron chi connectivity index (χ1n) is 6.96. The SMILES string of the molecule is CCN(Cc1ccccc1)C(=O)C1CNCCN1C. The zero-order chi connectivity index (χ0) is 13.7. The van der Waals surface area contributed by atoms with Crippen LogP contribution in [0.3, 0.4) is 0 Å². The summed E-state index contributed by atoms with van der Waals surface area (Å²) in [6.07, 6.45) is 0. The molecule has 1 unspecified atom stereocenters. The summed E-state index contributed by atoms with van der Waals surface area (Å²) in [6, 6.07) is 10.1. The number of rotatable bonds is 4. The van der Waals surface area contributed by atoms with Crippen LogP contribution in [0.1, 0.15) is 12.5 Å². The number of hydrogen-bond donors (Lipinski definition) is 1. The third-order valence-corrected chi connectivity index (χ3v) is 3.71. The van der Waals surface area contributed by atoms with Gasteiger partial charge in [-0.05, 0) is 19.5 Å². The zero-order valence-corrected chi connectivity index (χ0v) is 11.8. The number of likely N-dealkylation sites (N-methyl/N-ethyl adjacent to an activating group) is 2. The minimum absolute atomic E-state index is 0.0302. The Kier molecular flexibility index (Phi) is 4.93. The molecule has 1 amide bonds. The molecule has 0 aliphatic carbocycles. The van der Waals surface area contributed by atoms with E-state index in [1.807, 2.05) is 37.1 Å². The molecule has 0 aromatic heterocycles. The summed E-state index contributed by atoms with van der Waals surface area (Å²) in [5.74, 6) is 0.223. The maximum atomic E-state index is 12.6. The molecule has 1 heterocycles. The van der Waals surface area contributed by atoms with Gasteiger partial charge in [0.2, 0.25) is 5.91 Å². The average Bonchev–Trinajstić information content (AvgIpc) is 2.46. The molecule has 1 N–H and O–H groups in total. The summed E-state index contributed by atoms with van der Waals surface area (Å²) in [5, 5.41) is 3.30. The summed E-state index contributed by atoms with van der Waals surface area (Å²) < 4.78 is 0. The van der Waals surface area contributed by atoms with E-state index in [0.29, 0.717) is 6.54 Å². The van der Waals surface area contributed by atoms with Gasteiger partial charge in [0, 0.05) is 32.7 Å². The van der Waals surface area contributed by atoms with Crippen molar-refractivity contribution in [3.8, 4) is 0 Å². The summed E-state index contributed by atoms with van der Waals surface area (Å²) in [4.78, 5) is 16.7. The fourth-order valence-corrected chi connectivity index (χ4v) is 2.44. The average molecular weight is 261 g/mol. The number of nitrogens with one attached hydrogen (secondary N) is 1. The molecule has 0 spiro atoms. The Morgan fingerprint density at radius 1 is 1.42 bits per heavy atom. The highest BCUT2D eigenvalue weighted by atomic mass is 16.2. The van der Waals surface area contributed by atoms with Crippen molar-refractivity contribution in [1.82, 2.24) is 15.1 Å². The summed E-state index contributed by atoms with van der Waals surface area (Å²) in [5.41, 5.74) is 1.18. The van der Waals surface area contributed by atoms with Gasteiger partial charge >= 0.3 is 0 Å². The molecular weight excluding hydrogens is 238 g/mol. The maximum absolute atomic E-state index is 12.6. The predicted molar refractivity (Wildman–Crippen MR) is 76.8 cm³/mol. The molecular formula is C15H23N3O. The molecule has 2 rings (SSSR count). The monoisotopic (exact) mass is 261 g/mol. The molecule has 4 nitrogen and oxygen atoms in total. The number of amides is 1. The van der Waals surface area contributed by atoms with Crippen LogP contribution in [-0.2, 0) is 11.3 Å². The second kappa shape index (κ2) is 6.68. The van der Waals surface area contributed by atoms with Crippen molar-refractivity contribution in [1.29, 1.82) is 0 Å². The Morgan fingerprint density at radius 3 is 2.79 bits per heavy atom. The molecule has 1 aromatic rings. The van der Waals surface area contributed by atoms with Crippen LogP contribution in [0.5, 0.6) is 0 Å². The number of benzene rings is 1. The van der Waals surface area contributed by atoms with E-state index >= 15 is 0 Å². The van der Waals surface area contributed by atoms with E-state index in [2.05, 4.69) is 22.3 Å². The van der Waals surface area contributed by atoms with Crippen molar-refractivity contribution < 1.29 is 4.79 Å². The third kappa shape index (κ3) is 3.55. The van der Waals surface area contributed by atoms with Gasteiger partial charge in [-0.25, -0.2) is 0 Å². The molecule has 1 saturated heterocycles. The molecule has 4 heteroatoms. The van der Waals surface area contributed by atoms with Gasteiger partial charge in [0.05, 0.1) is 0 Å². The van der Waals surface area contributed by atoms with Crippen molar-refractivity contribution in [2.75, 3.05) is 33.2 Å². The number of carbonyl (C=O) groups is 1. The molecule has 19 heavy (non-hydrogen) atoms. The Hall–Kier alpha value is -1.39. The minimum atomic E-state index is -0.0302. The van der Waals surface area contributed by atoms with Gasteiger partial charge in [-0.15, -0.1) is 0 Å². The van der Waals surface area contributed by atoms with Crippen molar-refractivity contribution in [3.05, 3.63) is 35.9 Å². The number of hydrogen-bond acceptors (Lipinski definition) is 3. The Balaban J connectivity index is 2.02. The fourth-order valence-electron chi connectivity index (χ4n) is 2.44. The van der Waals surface area contributed by atoms with Gasteiger partial charge in [0.1, 0.15) is 6.04 Å². The van der Waals surface area contributed by atoms with Gasteiger partial charge in [-0.1, -0.05) is 30.3 Å². The van der Waals surface area contributed by atoms with E-state index in [1.165, 1.54) is 5.56 Å². The largest absolute Gasteiger partial charge is 0.337 e. The predicted octanol–water partition coefficient (Wildman–Crippen LogP) is 0.939. The summed E-state index contributed by atoms with van der Waals surface area (Å²) in [6.45, 7) is 6.13. The summed E-state index contributed by atoms with van der Waals surface area (Å²) >= 11 is 0. The van der Waals surface area contributed by atoms with Crippen LogP contribution in [0.2, 0.25) is 0 Å². The molecule has 1 atom stereocenters. The lowest BCUT2D eigenvalue weighted by Crippen LogP contribution is -2.56. The molecule has 0 saturated carbocycles. The first kappa shape index (κ1) is 14.0. The van der Waals surface area contributed by atoms with E-state index < -0.39 is 0 Å².